The number of hydrogen-bond donors (Lipinski definition) is 1. The van der Waals surface area contributed by atoms with Crippen molar-refractivity contribution in [2.24, 2.45) is 7.05 Å². The summed E-state index contributed by atoms with van der Waals surface area (Å²) >= 11 is 0. The highest BCUT2D eigenvalue weighted by Gasteiger charge is 2.22. The van der Waals surface area contributed by atoms with Crippen LogP contribution in [0.25, 0.3) is 44.2 Å². The van der Waals surface area contributed by atoms with Gasteiger partial charge in [-0.15, -0.1) is 0 Å². The SMILES string of the molecule is CCCN1CCN(CCOc2ccc(-c3ccc4cc(-c5cn(C)c(=O)c6[nH]ccc56)ccc4n3)cc2)CC1=O. The summed E-state index contributed by atoms with van der Waals surface area (Å²) in [4.78, 5) is 36.8. The monoisotopic (exact) mass is 535 g/mol. The maximum Gasteiger partial charge on any atom is 0.274 e. The Morgan fingerprint density at radius 3 is 2.58 bits per heavy atom. The number of rotatable bonds is 8. The van der Waals surface area contributed by atoms with E-state index in [1.165, 1.54) is 0 Å². The van der Waals surface area contributed by atoms with Crippen LogP contribution in [-0.2, 0) is 11.8 Å². The van der Waals surface area contributed by atoms with E-state index in [2.05, 4.69) is 35.0 Å². The minimum Gasteiger partial charge on any atom is -0.492 e. The van der Waals surface area contributed by atoms with Crippen LogP contribution in [0.15, 0.2) is 77.9 Å². The Bertz CT molecular complexity index is 1740. The molecule has 0 saturated carbocycles. The first-order valence-electron chi connectivity index (χ1n) is 13.8. The van der Waals surface area contributed by atoms with Gasteiger partial charge in [-0.2, -0.15) is 0 Å². The Labute approximate surface area is 232 Å². The van der Waals surface area contributed by atoms with Gasteiger partial charge in [0.05, 0.1) is 17.8 Å². The Morgan fingerprint density at radius 2 is 1.77 bits per heavy atom. The molecule has 6 rings (SSSR count). The van der Waals surface area contributed by atoms with E-state index >= 15 is 0 Å². The summed E-state index contributed by atoms with van der Waals surface area (Å²) in [6.07, 6.45) is 4.69. The van der Waals surface area contributed by atoms with E-state index in [0.29, 0.717) is 18.7 Å². The molecule has 1 aliphatic rings. The van der Waals surface area contributed by atoms with Gasteiger partial charge < -0.3 is 19.2 Å². The van der Waals surface area contributed by atoms with E-state index in [1.54, 1.807) is 17.8 Å². The molecule has 0 radical (unpaired) electrons. The third kappa shape index (κ3) is 5.10. The van der Waals surface area contributed by atoms with Gasteiger partial charge in [0, 0.05) is 67.5 Å². The zero-order valence-electron chi connectivity index (χ0n) is 22.9. The maximum absolute atomic E-state index is 12.4. The molecule has 5 aromatic rings. The van der Waals surface area contributed by atoms with Crippen LogP contribution in [0, 0.1) is 0 Å². The Morgan fingerprint density at radius 1 is 0.950 bits per heavy atom. The molecule has 1 saturated heterocycles. The van der Waals surface area contributed by atoms with Crippen LogP contribution in [-0.4, -0.2) is 69.6 Å². The lowest BCUT2D eigenvalue weighted by molar-refractivity contribution is -0.136. The molecule has 1 amide bonds. The normalized spacial score (nSPS) is 14.3. The van der Waals surface area contributed by atoms with Gasteiger partial charge in [-0.25, -0.2) is 4.98 Å². The molecule has 3 aromatic heterocycles. The summed E-state index contributed by atoms with van der Waals surface area (Å²) in [5.74, 6) is 1.01. The van der Waals surface area contributed by atoms with Gasteiger partial charge in [0.2, 0.25) is 5.91 Å². The van der Waals surface area contributed by atoms with Crippen molar-refractivity contribution in [1.82, 2.24) is 24.3 Å². The maximum atomic E-state index is 12.4. The van der Waals surface area contributed by atoms with Crippen molar-refractivity contribution in [2.45, 2.75) is 13.3 Å². The number of fused-ring (bicyclic) bond motifs is 2. The smallest absolute Gasteiger partial charge is 0.274 e. The predicted octanol–water partition coefficient (Wildman–Crippen LogP) is 4.68. The molecule has 1 aliphatic heterocycles. The van der Waals surface area contributed by atoms with Gasteiger partial charge in [0.1, 0.15) is 17.9 Å². The number of aromatic amines is 1. The van der Waals surface area contributed by atoms with Crippen molar-refractivity contribution >= 4 is 27.7 Å². The van der Waals surface area contributed by atoms with Crippen LogP contribution in [0.2, 0.25) is 0 Å². The zero-order valence-corrected chi connectivity index (χ0v) is 22.9. The van der Waals surface area contributed by atoms with Crippen LogP contribution in [0.3, 0.4) is 0 Å². The van der Waals surface area contributed by atoms with E-state index in [9.17, 15) is 9.59 Å². The van der Waals surface area contributed by atoms with Crippen LogP contribution >= 0.6 is 0 Å². The lowest BCUT2D eigenvalue weighted by Crippen LogP contribution is -2.51. The third-order valence-corrected chi connectivity index (χ3v) is 7.61. The predicted molar refractivity (Wildman–Crippen MR) is 159 cm³/mol. The fraction of sp³-hybridized carbons (Fsp3) is 0.281. The van der Waals surface area contributed by atoms with Crippen molar-refractivity contribution in [1.29, 1.82) is 0 Å². The standard InChI is InChI=1S/C32H33N5O3/c1-3-14-37-16-15-36(21-30(37)38)17-18-40-25-8-4-22(5-9-25)28-11-7-24-19-23(6-10-29(24)34-28)27-20-35(2)32(39)31-26(27)12-13-33-31/h4-13,19-20,33H,3,14-18,21H2,1-2H3. The zero-order chi connectivity index (χ0) is 27.6. The number of nitrogens with one attached hydrogen (secondary N) is 1. The quantitative estimate of drug-likeness (QED) is 0.312. The number of carbonyl (C=O) groups is 1. The number of piperazine rings is 1. The average molecular weight is 536 g/mol. The molecule has 2 aromatic carbocycles. The molecule has 4 heterocycles. The van der Waals surface area contributed by atoms with Gasteiger partial charge >= 0.3 is 0 Å². The Hall–Kier alpha value is -4.43. The Balaban J connectivity index is 1.12. The number of nitrogens with zero attached hydrogens (tertiary/aromatic N) is 4. The average Bonchev–Trinajstić information content (AvgIpc) is 3.47. The summed E-state index contributed by atoms with van der Waals surface area (Å²) in [5.41, 5.74) is 5.44. The first-order chi connectivity index (χ1) is 19.5. The number of pyridine rings is 2. The summed E-state index contributed by atoms with van der Waals surface area (Å²) in [7, 11) is 1.77. The second-order valence-corrected chi connectivity index (χ2v) is 10.4. The summed E-state index contributed by atoms with van der Waals surface area (Å²) in [6.45, 7) is 6.38. The minimum atomic E-state index is -0.0374. The molecule has 204 valence electrons. The first-order valence-corrected chi connectivity index (χ1v) is 13.8. The fourth-order valence-electron chi connectivity index (χ4n) is 5.42. The van der Waals surface area contributed by atoms with E-state index in [1.807, 2.05) is 53.6 Å². The minimum absolute atomic E-state index is 0.0374. The fourth-order valence-corrected chi connectivity index (χ4v) is 5.42. The molecule has 0 aliphatic carbocycles. The Kier molecular flexibility index (Phi) is 7.09. The van der Waals surface area contributed by atoms with E-state index in [-0.39, 0.29) is 11.5 Å². The van der Waals surface area contributed by atoms with Crippen LogP contribution < -0.4 is 10.3 Å². The van der Waals surface area contributed by atoms with Crippen molar-refractivity contribution in [3.05, 3.63) is 83.4 Å². The number of ether oxygens (including phenoxy) is 1. The number of aromatic nitrogens is 3. The van der Waals surface area contributed by atoms with Gasteiger partial charge in [0.15, 0.2) is 0 Å². The molecule has 8 heteroatoms. The third-order valence-electron chi connectivity index (χ3n) is 7.61. The van der Waals surface area contributed by atoms with Gasteiger partial charge in [-0.3, -0.25) is 14.5 Å². The van der Waals surface area contributed by atoms with Crippen LogP contribution in [0.4, 0.5) is 0 Å². The lowest BCUT2D eigenvalue weighted by Gasteiger charge is -2.34. The van der Waals surface area contributed by atoms with Gasteiger partial charge in [0.25, 0.3) is 5.56 Å². The lowest BCUT2D eigenvalue weighted by atomic mass is 10.0. The van der Waals surface area contributed by atoms with Crippen LogP contribution in [0.1, 0.15) is 13.3 Å². The summed E-state index contributed by atoms with van der Waals surface area (Å²) in [5, 5.41) is 1.95. The molecular weight excluding hydrogens is 502 g/mol. The molecular formula is C32H33N5O3. The van der Waals surface area contributed by atoms with Gasteiger partial charge in [-0.05, 0) is 60.5 Å². The number of hydrogen-bond acceptors (Lipinski definition) is 5. The van der Waals surface area contributed by atoms with Crippen molar-refractivity contribution in [2.75, 3.05) is 39.3 Å². The second kappa shape index (κ2) is 11.0. The largest absolute Gasteiger partial charge is 0.492 e. The summed E-state index contributed by atoms with van der Waals surface area (Å²) < 4.78 is 7.58. The van der Waals surface area contributed by atoms with E-state index in [0.717, 1.165) is 77.0 Å². The number of amides is 1. The molecule has 40 heavy (non-hydrogen) atoms. The molecule has 0 bridgehead atoms. The van der Waals surface area contributed by atoms with Crippen molar-refractivity contribution in [3.63, 3.8) is 0 Å². The second-order valence-electron chi connectivity index (χ2n) is 10.4. The first kappa shape index (κ1) is 25.8. The highest BCUT2D eigenvalue weighted by atomic mass is 16.5. The van der Waals surface area contributed by atoms with Crippen molar-refractivity contribution < 1.29 is 9.53 Å². The number of aryl methyl sites for hydroxylation is 1. The van der Waals surface area contributed by atoms with Crippen molar-refractivity contribution in [3.8, 4) is 28.1 Å². The molecule has 0 spiro atoms. The molecule has 1 fully saturated rings. The molecule has 0 atom stereocenters. The van der Waals surface area contributed by atoms with Gasteiger partial charge in [-0.1, -0.05) is 19.1 Å². The molecule has 0 unspecified atom stereocenters. The van der Waals surface area contributed by atoms with E-state index < -0.39 is 0 Å². The highest BCUT2D eigenvalue weighted by molar-refractivity contribution is 5.97. The number of benzene rings is 2. The highest BCUT2D eigenvalue weighted by Crippen LogP contribution is 2.30. The van der Waals surface area contributed by atoms with Crippen LogP contribution in [0.5, 0.6) is 5.75 Å². The molecule has 8 nitrogen and oxygen atoms in total. The topological polar surface area (TPSA) is 83.5 Å². The number of H-pyrrole nitrogens is 1. The van der Waals surface area contributed by atoms with E-state index in [4.69, 9.17) is 9.72 Å². The summed E-state index contributed by atoms with van der Waals surface area (Å²) in [6, 6.07) is 20.3. The number of carbonyl (C=O) groups excluding carboxylic acids is 1. The molecule has 1 N–H and O–H groups in total.